The molecule has 0 bridgehead atoms. The highest BCUT2D eigenvalue weighted by Crippen LogP contribution is 2.31. The maximum atomic E-state index is 12.2. The molecule has 2 aromatic rings. The number of para-hydroxylation sites is 1. The number of carbonyl (C=O) groups excluding carboxylic acids is 1. The normalized spacial score (nSPS) is 14.1. The van der Waals surface area contributed by atoms with Gasteiger partial charge in [-0.25, -0.2) is 4.79 Å². The molecule has 1 saturated heterocycles. The van der Waals surface area contributed by atoms with Gasteiger partial charge in [-0.05, 0) is 56.0 Å². The molecular weight excluding hydrogens is 374 g/mol. The predicted molar refractivity (Wildman–Crippen MR) is 121 cm³/mol. The summed E-state index contributed by atoms with van der Waals surface area (Å²) in [5.41, 5.74) is 5.44. The fraction of sp³-hybridized carbons (Fsp3) is 0.360. The topological polar surface area (TPSA) is 56.6 Å². The van der Waals surface area contributed by atoms with E-state index in [1.807, 2.05) is 43.3 Å². The van der Waals surface area contributed by atoms with Crippen molar-refractivity contribution in [3.05, 3.63) is 71.3 Å². The first-order valence-electron chi connectivity index (χ1n) is 10.3. The number of rotatable bonds is 6. The number of esters is 1. The number of methoxy groups -OCH3 is 1. The van der Waals surface area contributed by atoms with Gasteiger partial charge in [0.1, 0.15) is 6.07 Å². The summed E-state index contributed by atoms with van der Waals surface area (Å²) in [4.78, 5) is 16.9. The Labute approximate surface area is 179 Å². The van der Waals surface area contributed by atoms with E-state index < -0.39 is 0 Å². The highest BCUT2D eigenvalue weighted by atomic mass is 16.5. The number of hydrogen-bond acceptors (Lipinski definition) is 5. The van der Waals surface area contributed by atoms with Gasteiger partial charge < -0.3 is 14.5 Å². The van der Waals surface area contributed by atoms with Crippen LogP contribution in [0.1, 0.15) is 39.9 Å². The molecule has 0 unspecified atom stereocenters. The van der Waals surface area contributed by atoms with Crippen molar-refractivity contribution in [2.24, 2.45) is 0 Å². The molecule has 0 aromatic heterocycles. The van der Waals surface area contributed by atoms with Gasteiger partial charge >= 0.3 is 5.97 Å². The molecule has 5 heteroatoms. The SMILES string of the molecule is C=CCN(c1cc(C(=O)OC)c(C)cc1C)C1CCN(c2ccccc2C#N)CC1. The van der Waals surface area contributed by atoms with E-state index in [1.165, 1.54) is 7.11 Å². The van der Waals surface area contributed by atoms with Crippen LogP contribution in [0.3, 0.4) is 0 Å². The average molecular weight is 404 g/mol. The Morgan fingerprint density at radius 3 is 2.60 bits per heavy atom. The Balaban J connectivity index is 1.84. The molecule has 2 aromatic carbocycles. The van der Waals surface area contributed by atoms with E-state index in [4.69, 9.17) is 4.74 Å². The van der Waals surface area contributed by atoms with Gasteiger partial charge in [-0.2, -0.15) is 5.26 Å². The molecule has 0 aliphatic carbocycles. The highest BCUT2D eigenvalue weighted by molar-refractivity contribution is 5.92. The minimum Gasteiger partial charge on any atom is -0.465 e. The van der Waals surface area contributed by atoms with E-state index >= 15 is 0 Å². The summed E-state index contributed by atoms with van der Waals surface area (Å²) in [6.45, 7) is 10.4. The van der Waals surface area contributed by atoms with E-state index in [1.54, 1.807) is 0 Å². The second-order valence-corrected chi connectivity index (χ2v) is 7.73. The van der Waals surface area contributed by atoms with Crippen LogP contribution in [-0.4, -0.2) is 38.8 Å². The molecular formula is C25H29N3O2. The number of ether oxygens (including phenoxy) is 1. The lowest BCUT2D eigenvalue weighted by Crippen LogP contribution is -2.45. The molecule has 1 heterocycles. The Kier molecular flexibility index (Phi) is 6.79. The number of carbonyl (C=O) groups is 1. The lowest BCUT2D eigenvalue weighted by molar-refractivity contribution is 0.0600. The van der Waals surface area contributed by atoms with Crippen molar-refractivity contribution in [1.82, 2.24) is 0 Å². The average Bonchev–Trinajstić information content (AvgIpc) is 2.77. The maximum Gasteiger partial charge on any atom is 0.338 e. The van der Waals surface area contributed by atoms with Crippen molar-refractivity contribution < 1.29 is 9.53 Å². The van der Waals surface area contributed by atoms with Crippen molar-refractivity contribution in [1.29, 1.82) is 5.26 Å². The molecule has 0 saturated carbocycles. The van der Waals surface area contributed by atoms with Crippen LogP contribution in [0.2, 0.25) is 0 Å². The zero-order valence-corrected chi connectivity index (χ0v) is 18.0. The fourth-order valence-corrected chi connectivity index (χ4v) is 4.33. The monoisotopic (exact) mass is 403 g/mol. The fourth-order valence-electron chi connectivity index (χ4n) is 4.33. The third-order valence-corrected chi connectivity index (χ3v) is 5.85. The summed E-state index contributed by atoms with van der Waals surface area (Å²) in [5.74, 6) is -0.310. The molecule has 5 nitrogen and oxygen atoms in total. The second kappa shape index (κ2) is 9.49. The minimum atomic E-state index is -0.310. The van der Waals surface area contributed by atoms with Crippen LogP contribution in [0, 0.1) is 25.2 Å². The van der Waals surface area contributed by atoms with Crippen LogP contribution in [-0.2, 0) is 4.74 Å². The first kappa shape index (κ1) is 21.4. The van der Waals surface area contributed by atoms with Crippen molar-refractivity contribution >= 4 is 17.3 Å². The molecule has 156 valence electrons. The van der Waals surface area contributed by atoms with E-state index in [0.29, 0.717) is 18.2 Å². The maximum absolute atomic E-state index is 12.2. The molecule has 30 heavy (non-hydrogen) atoms. The highest BCUT2D eigenvalue weighted by Gasteiger charge is 2.27. The van der Waals surface area contributed by atoms with Crippen LogP contribution >= 0.6 is 0 Å². The Hall–Kier alpha value is -3.26. The molecule has 0 N–H and O–H groups in total. The third kappa shape index (κ3) is 4.33. The number of nitriles is 1. The molecule has 0 spiro atoms. The molecule has 0 radical (unpaired) electrons. The Bertz CT molecular complexity index is 969. The van der Waals surface area contributed by atoms with Gasteiger partial charge in [-0.15, -0.1) is 6.58 Å². The van der Waals surface area contributed by atoms with Gasteiger partial charge in [-0.3, -0.25) is 0 Å². The van der Waals surface area contributed by atoms with Gasteiger partial charge in [0.25, 0.3) is 0 Å². The second-order valence-electron chi connectivity index (χ2n) is 7.73. The number of piperidine rings is 1. The van der Waals surface area contributed by atoms with E-state index in [-0.39, 0.29) is 5.97 Å². The number of aryl methyl sites for hydroxylation is 2. The molecule has 1 aliphatic rings. The van der Waals surface area contributed by atoms with Crippen LogP contribution in [0.15, 0.2) is 49.1 Å². The quantitative estimate of drug-likeness (QED) is 0.520. The summed E-state index contributed by atoms with van der Waals surface area (Å²) < 4.78 is 4.97. The van der Waals surface area contributed by atoms with Crippen molar-refractivity contribution in [3.8, 4) is 6.07 Å². The van der Waals surface area contributed by atoms with Crippen LogP contribution in [0.4, 0.5) is 11.4 Å². The van der Waals surface area contributed by atoms with Gasteiger partial charge in [0.05, 0.1) is 23.9 Å². The standard InChI is InChI=1S/C25H29N3O2/c1-5-12-28(24-16-22(25(29)30-4)18(2)15-19(24)3)21-10-13-27(14-11-21)23-9-7-6-8-20(23)17-26/h5-9,15-16,21H,1,10-14H2,2-4H3. The van der Waals surface area contributed by atoms with Crippen molar-refractivity contribution in [2.45, 2.75) is 32.7 Å². The van der Waals surface area contributed by atoms with Gasteiger partial charge in [0.2, 0.25) is 0 Å². The van der Waals surface area contributed by atoms with E-state index in [2.05, 4.69) is 35.4 Å². The summed E-state index contributed by atoms with van der Waals surface area (Å²) >= 11 is 0. The van der Waals surface area contributed by atoms with Gasteiger partial charge in [-0.1, -0.05) is 24.3 Å². The largest absolute Gasteiger partial charge is 0.465 e. The number of nitrogens with zero attached hydrogens (tertiary/aromatic N) is 3. The number of benzene rings is 2. The lowest BCUT2D eigenvalue weighted by atomic mass is 9.97. The predicted octanol–water partition coefficient (Wildman–Crippen LogP) is 4.62. The van der Waals surface area contributed by atoms with Crippen LogP contribution in [0.5, 0.6) is 0 Å². The molecule has 0 amide bonds. The van der Waals surface area contributed by atoms with E-state index in [0.717, 1.165) is 54.0 Å². The molecule has 1 fully saturated rings. The van der Waals surface area contributed by atoms with Crippen LogP contribution < -0.4 is 9.80 Å². The summed E-state index contributed by atoms with van der Waals surface area (Å²) in [6.07, 6.45) is 3.84. The molecule has 0 atom stereocenters. The number of hydrogen-bond donors (Lipinski definition) is 0. The van der Waals surface area contributed by atoms with Crippen molar-refractivity contribution in [2.75, 3.05) is 36.5 Å². The molecule has 1 aliphatic heterocycles. The zero-order chi connectivity index (χ0) is 21.7. The zero-order valence-electron chi connectivity index (χ0n) is 18.0. The first-order valence-corrected chi connectivity index (χ1v) is 10.3. The molecule has 3 rings (SSSR count). The lowest BCUT2D eigenvalue weighted by Gasteiger charge is -2.41. The van der Waals surface area contributed by atoms with Gasteiger partial charge in [0, 0.05) is 31.4 Å². The Morgan fingerprint density at radius 2 is 1.97 bits per heavy atom. The Morgan fingerprint density at radius 1 is 1.27 bits per heavy atom. The smallest absolute Gasteiger partial charge is 0.338 e. The van der Waals surface area contributed by atoms with Gasteiger partial charge in [0.15, 0.2) is 0 Å². The third-order valence-electron chi connectivity index (χ3n) is 5.85. The van der Waals surface area contributed by atoms with Crippen LogP contribution in [0.25, 0.3) is 0 Å². The first-order chi connectivity index (χ1) is 14.5. The van der Waals surface area contributed by atoms with Crippen molar-refractivity contribution in [3.63, 3.8) is 0 Å². The summed E-state index contributed by atoms with van der Waals surface area (Å²) in [6, 6.07) is 14.4. The number of anilines is 2. The minimum absolute atomic E-state index is 0.310. The summed E-state index contributed by atoms with van der Waals surface area (Å²) in [7, 11) is 1.41. The summed E-state index contributed by atoms with van der Waals surface area (Å²) in [5, 5.41) is 9.42. The van der Waals surface area contributed by atoms with E-state index in [9.17, 15) is 10.1 Å².